The van der Waals surface area contributed by atoms with Crippen LogP contribution in [0.5, 0.6) is 5.75 Å². The van der Waals surface area contributed by atoms with Gasteiger partial charge >= 0.3 is 0 Å². The Hall–Kier alpha value is -0.910. The highest BCUT2D eigenvalue weighted by molar-refractivity contribution is 7.86. The van der Waals surface area contributed by atoms with Crippen LogP contribution in [0, 0.1) is 0 Å². The van der Waals surface area contributed by atoms with Gasteiger partial charge in [0.15, 0.2) is 0 Å². The average Bonchev–Trinajstić information content (AvgIpc) is 2.55. The predicted molar refractivity (Wildman–Crippen MR) is 84.0 cm³/mol. The van der Waals surface area contributed by atoms with Crippen LogP contribution in [0.2, 0.25) is 0 Å². The number of aryl methyl sites for hydroxylation is 1. The molecule has 116 valence electrons. The van der Waals surface area contributed by atoms with Crippen molar-refractivity contribution in [3.05, 3.63) is 29.3 Å². The summed E-state index contributed by atoms with van der Waals surface area (Å²) in [5.74, 6) is 0.821. The Morgan fingerprint density at radius 2 is 2.05 bits per heavy atom. The van der Waals surface area contributed by atoms with Crippen molar-refractivity contribution < 1.29 is 13.7 Å². The Labute approximate surface area is 128 Å². The van der Waals surface area contributed by atoms with Crippen LogP contribution in [0.25, 0.3) is 0 Å². The fraction of sp³-hybridized carbons (Fsp3) is 0.625. The number of fused-ring (bicyclic) bond motifs is 1. The zero-order valence-corrected chi connectivity index (χ0v) is 13.2. The largest absolute Gasteiger partial charge is 0.497 e. The lowest BCUT2D eigenvalue weighted by atomic mass is 9.87. The predicted octanol–water partition coefficient (Wildman–Crippen LogP) is 1.94. The van der Waals surface area contributed by atoms with Gasteiger partial charge in [0.05, 0.1) is 12.4 Å². The van der Waals surface area contributed by atoms with E-state index in [9.17, 15) is 4.21 Å². The van der Waals surface area contributed by atoms with E-state index in [1.54, 1.807) is 7.11 Å². The number of nitrogens with two attached hydrogens (primary N) is 1. The molecule has 1 fully saturated rings. The van der Waals surface area contributed by atoms with Gasteiger partial charge in [0.25, 0.3) is 0 Å². The lowest BCUT2D eigenvalue weighted by Gasteiger charge is -2.34. The fourth-order valence-electron chi connectivity index (χ4n) is 3.33. The summed E-state index contributed by atoms with van der Waals surface area (Å²) < 4.78 is 23.5. The lowest BCUT2D eigenvalue weighted by molar-refractivity contribution is 0.0990. The molecule has 0 aromatic heterocycles. The second-order valence-corrected chi connectivity index (χ2v) is 7.74. The molecule has 2 aliphatic rings. The van der Waals surface area contributed by atoms with E-state index in [2.05, 4.69) is 6.07 Å². The highest BCUT2D eigenvalue weighted by Crippen LogP contribution is 2.35. The van der Waals surface area contributed by atoms with Crippen LogP contribution < -0.4 is 10.5 Å². The van der Waals surface area contributed by atoms with Gasteiger partial charge in [-0.1, -0.05) is 6.07 Å². The topological polar surface area (TPSA) is 61.5 Å². The van der Waals surface area contributed by atoms with Gasteiger partial charge in [-0.3, -0.25) is 4.21 Å². The minimum atomic E-state index is -0.885. The maximum Gasteiger partial charge on any atom is 0.119 e. The molecule has 3 unspecified atom stereocenters. The van der Waals surface area contributed by atoms with E-state index in [-0.39, 0.29) is 16.5 Å². The second-order valence-electron chi connectivity index (χ2n) is 5.81. The van der Waals surface area contributed by atoms with Gasteiger partial charge in [-0.15, -0.1) is 0 Å². The number of hydrogen-bond donors (Lipinski definition) is 1. The van der Waals surface area contributed by atoms with E-state index in [4.69, 9.17) is 15.2 Å². The van der Waals surface area contributed by atoms with E-state index >= 15 is 0 Å². The minimum Gasteiger partial charge on any atom is -0.497 e. The van der Waals surface area contributed by atoms with Crippen molar-refractivity contribution in [3.8, 4) is 5.75 Å². The number of methoxy groups -OCH3 is 1. The van der Waals surface area contributed by atoms with Crippen molar-refractivity contribution in [2.24, 2.45) is 5.73 Å². The van der Waals surface area contributed by atoms with Crippen molar-refractivity contribution >= 4 is 10.8 Å². The molecule has 3 rings (SSSR count). The fourth-order valence-corrected chi connectivity index (χ4v) is 5.27. The first-order chi connectivity index (χ1) is 10.2. The number of hydrogen-bond acceptors (Lipinski definition) is 4. The molecule has 4 nitrogen and oxygen atoms in total. The second kappa shape index (κ2) is 6.46. The molecule has 1 saturated heterocycles. The molecule has 2 N–H and O–H groups in total. The molecule has 1 aromatic carbocycles. The highest BCUT2D eigenvalue weighted by Gasteiger charge is 2.35. The van der Waals surface area contributed by atoms with Crippen molar-refractivity contribution in [3.63, 3.8) is 0 Å². The van der Waals surface area contributed by atoms with Crippen LogP contribution in [-0.4, -0.2) is 35.0 Å². The third kappa shape index (κ3) is 3.00. The van der Waals surface area contributed by atoms with E-state index in [1.165, 1.54) is 5.56 Å². The molecule has 3 atom stereocenters. The van der Waals surface area contributed by atoms with Crippen LogP contribution in [0.15, 0.2) is 18.2 Å². The summed E-state index contributed by atoms with van der Waals surface area (Å²) in [5, 5.41) is 0.287. The van der Waals surface area contributed by atoms with Crippen LogP contribution in [0.3, 0.4) is 0 Å². The first-order valence-electron chi connectivity index (χ1n) is 7.60. The molecular weight excluding hydrogens is 286 g/mol. The molecule has 1 aromatic rings. The Morgan fingerprint density at radius 3 is 2.76 bits per heavy atom. The zero-order valence-electron chi connectivity index (χ0n) is 12.4. The van der Waals surface area contributed by atoms with Crippen molar-refractivity contribution in [1.29, 1.82) is 0 Å². The Balaban J connectivity index is 1.80. The monoisotopic (exact) mass is 309 g/mol. The van der Waals surface area contributed by atoms with Gasteiger partial charge in [0.2, 0.25) is 0 Å². The Bertz CT molecular complexity index is 528. The van der Waals surface area contributed by atoms with Gasteiger partial charge in [-0.25, -0.2) is 0 Å². The SMILES string of the molecule is COc1ccc2c(c1)C(N)C(S(=O)C1CCOCC1)CC2. The molecule has 21 heavy (non-hydrogen) atoms. The van der Waals surface area contributed by atoms with Crippen LogP contribution >= 0.6 is 0 Å². The third-order valence-corrected chi connectivity index (χ3v) is 6.86. The summed E-state index contributed by atoms with van der Waals surface area (Å²) in [6.45, 7) is 1.45. The summed E-state index contributed by atoms with van der Waals surface area (Å²) in [6.07, 6.45) is 3.64. The van der Waals surface area contributed by atoms with Gasteiger partial charge in [0, 0.05) is 35.3 Å². The van der Waals surface area contributed by atoms with Gasteiger partial charge < -0.3 is 15.2 Å². The summed E-state index contributed by atoms with van der Waals surface area (Å²) in [6, 6.07) is 5.91. The smallest absolute Gasteiger partial charge is 0.119 e. The summed E-state index contributed by atoms with van der Waals surface area (Å²) in [4.78, 5) is 0. The third-order valence-electron chi connectivity index (χ3n) is 4.61. The van der Waals surface area contributed by atoms with E-state index < -0.39 is 10.8 Å². The molecule has 0 bridgehead atoms. The maximum absolute atomic E-state index is 12.9. The zero-order chi connectivity index (χ0) is 14.8. The van der Waals surface area contributed by atoms with E-state index in [0.717, 1.165) is 50.2 Å². The Morgan fingerprint density at radius 1 is 1.29 bits per heavy atom. The summed E-state index contributed by atoms with van der Waals surface area (Å²) >= 11 is 0. The summed E-state index contributed by atoms with van der Waals surface area (Å²) in [5.41, 5.74) is 8.81. The Kier molecular flexibility index (Phi) is 4.62. The normalized spacial score (nSPS) is 27.9. The van der Waals surface area contributed by atoms with Crippen molar-refractivity contribution in [2.75, 3.05) is 20.3 Å². The molecule has 1 aliphatic heterocycles. The molecule has 0 amide bonds. The molecule has 1 heterocycles. The molecule has 1 aliphatic carbocycles. The molecule has 0 saturated carbocycles. The molecule has 5 heteroatoms. The van der Waals surface area contributed by atoms with Gasteiger partial charge in [0.1, 0.15) is 5.75 Å². The molecule has 0 spiro atoms. The van der Waals surface area contributed by atoms with Crippen LogP contribution in [-0.2, 0) is 22.0 Å². The molecular formula is C16H23NO3S. The first-order valence-corrected chi connectivity index (χ1v) is 8.88. The standard InChI is InChI=1S/C16H23NO3S/c1-19-12-4-2-11-3-5-15(16(17)14(11)10-12)21(18)13-6-8-20-9-7-13/h2,4,10,13,15-16H,3,5-9,17H2,1H3. The first kappa shape index (κ1) is 15.0. The average molecular weight is 309 g/mol. The van der Waals surface area contributed by atoms with Gasteiger partial charge in [-0.2, -0.15) is 0 Å². The van der Waals surface area contributed by atoms with Crippen LogP contribution in [0.1, 0.15) is 36.4 Å². The molecule has 0 radical (unpaired) electrons. The van der Waals surface area contributed by atoms with E-state index in [1.807, 2.05) is 12.1 Å². The number of ether oxygens (including phenoxy) is 2. The summed E-state index contributed by atoms with van der Waals surface area (Å²) in [7, 11) is 0.776. The quantitative estimate of drug-likeness (QED) is 0.927. The van der Waals surface area contributed by atoms with Crippen molar-refractivity contribution in [2.45, 2.75) is 42.2 Å². The number of rotatable bonds is 3. The maximum atomic E-state index is 12.9. The van der Waals surface area contributed by atoms with Gasteiger partial charge in [-0.05, 0) is 48.9 Å². The highest BCUT2D eigenvalue weighted by atomic mass is 32.2. The minimum absolute atomic E-state index is 0.0488. The van der Waals surface area contributed by atoms with E-state index in [0.29, 0.717) is 0 Å². The van der Waals surface area contributed by atoms with Crippen molar-refractivity contribution in [1.82, 2.24) is 0 Å². The van der Waals surface area contributed by atoms with Crippen LogP contribution in [0.4, 0.5) is 0 Å². The number of benzene rings is 1. The lowest BCUT2D eigenvalue weighted by Crippen LogP contribution is -2.40.